The van der Waals surface area contributed by atoms with E-state index in [2.05, 4.69) is 23.7 Å². The number of carbonyl (C=O) groups excluding carboxylic acids is 1. The number of nitrogens with zero attached hydrogens (tertiary/aromatic N) is 1. The number of carbonyl (C=O) groups is 1. The summed E-state index contributed by atoms with van der Waals surface area (Å²) in [6.45, 7) is 4.84. The number of aromatic nitrogens is 1. The predicted molar refractivity (Wildman–Crippen MR) is 72.7 cm³/mol. The summed E-state index contributed by atoms with van der Waals surface area (Å²) in [4.78, 5) is 11.3. The van der Waals surface area contributed by atoms with Gasteiger partial charge >= 0.3 is 0 Å². The minimum atomic E-state index is -0.683. The molecule has 19 heavy (non-hydrogen) atoms. The van der Waals surface area contributed by atoms with E-state index in [9.17, 15) is 9.90 Å². The highest BCUT2D eigenvalue weighted by Crippen LogP contribution is 2.33. The van der Waals surface area contributed by atoms with Crippen LogP contribution in [0.5, 0.6) is 0 Å². The van der Waals surface area contributed by atoms with Crippen molar-refractivity contribution < 1.29 is 9.90 Å². The third-order valence-electron chi connectivity index (χ3n) is 3.73. The summed E-state index contributed by atoms with van der Waals surface area (Å²) < 4.78 is 2.08. The van der Waals surface area contributed by atoms with E-state index >= 15 is 0 Å². The summed E-state index contributed by atoms with van der Waals surface area (Å²) in [6.07, 6.45) is -0.683. The van der Waals surface area contributed by atoms with Crippen LogP contribution in [0.1, 0.15) is 36.1 Å². The van der Waals surface area contributed by atoms with Gasteiger partial charge in [-0.1, -0.05) is 6.07 Å². The van der Waals surface area contributed by atoms with Crippen LogP contribution in [0.3, 0.4) is 0 Å². The van der Waals surface area contributed by atoms with Crippen LogP contribution in [0.15, 0.2) is 24.3 Å². The van der Waals surface area contributed by atoms with Gasteiger partial charge in [0, 0.05) is 23.0 Å². The van der Waals surface area contributed by atoms with Crippen LogP contribution in [-0.4, -0.2) is 22.1 Å². The Kier molecular flexibility index (Phi) is 2.45. The Labute approximate surface area is 111 Å². The summed E-state index contributed by atoms with van der Waals surface area (Å²) in [5, 5.41) is 14.1. The molecular formula is C14H17N3O2. The Hall–Kier alpha value is -1.85. The summed E-state index contributed by atoms with van der Waals surface area (Å²) in [5.74, 6) is -0.440. The highest BCUT2D eigenvalue weighted by atomic mass is 16.3. The molecule has 4 N–H and O–H groups in total. The monoisotopic (exact) mass is 259 g/mol. The van der Waals surface area contributed by atoms with Crippen molar-refractivity contribution in [2.45, 2.75) is 25.6 Å². The van der Waals surface area contributed by atoms with Crippen molar-refractivity contribution >= 4 is 16.8 Å². The number of fused-ring (bicyclic) bond motifs is 3. The fourth-order valence-corrected chi connectivity index (χ4v) is 2.78. The van der Waals surface area contributed by atoms with Crippen LogP contribution in [-0.2, 0) is 5.54 Å². The van der Waals surface area contributed by atoms with Crippen LogP contribution < -0.4 is 11.1 Å². The Bertz CT molecular complexity index is 673. The number of amides is 1. The van der Waals surface area contributed by atoms with E-state index in [4.69, 9.17) is 5.73 Å². The highest BCUT2D eigenvalue weighted by molar-refractivity contribution is 5.97. The molecule has 3 rings (SSSR count). The van der Waals surface area contributed by atoms with Crippen molar-refractivity contribution in [1.82, 2.24) is 9.88 Å². The molecule has 1 aliphatic heterocycles. The van der Waals surface area contributed by atoms with Gasteiger partial charge in [0.15, 0.2) is 0 Å². The van der Waals surface area contributed by atoms with Gasteiger partial charge < -0.3 is 15.4 Å². The average molecular weight is 259 g/mol. The van der Waals surface area contributed by atoms with Gasteiger partial charge in [0.1, 0.15) is 6.23 Å². The highest BCUT2D eigenvalue weighted by Gasteiger charge is 2.32. The summed E-state index contributed by atoms with van der Waals surface area (Å²) >= 11 is 0. The second kappa shape index (κ2) is 3.82. The van der Waals surface area contributed by atoms with Crippen LogP contribution in [0.2, 0.25) is 0 Å². The number of nitrogens with two attached hydrogens (primary N) is 1. The Balaban J connectivity index is 2.33. The molecule has 5 heteroatoms. The molecule has 2 heterocycles. The fourth-order valence-electron chi connectivity index (χ4n) is 2.78. The van der Waals surface area contributed by atoms with Gasteiger partial charge in [-0.05, 0) is 32.0 Å². The van der Waals surface area contributed by atoms with E-state index in [1.807, 2.05) is 12.1 Å². The van der Waals surface area contributed by atoms with Crippen LogP contribution in [0, 0.1) is 0 Å². The Morgan fingerprint density at radius 1 is 1.47 bits per heavy atom. The zero-order chi connectivity index (χ0) is 13.8. The first-order valence-corrected chi connectivity index (χ1v) is 6.27. The smallest absolute Gasteiger partial charge is 0.248 e. The second-order valence-electron chi connectivity index (χ2n) is 5.64. The van der Waals surface area contributed by atoms with E-state index < -0.39 is 12.1 Å². The molecule has 0 fully saturated rings. The molecule has 2 aromatic rings. The maximum atomic E-state index is 11.3. The van der Waals surface area contributed by atoms with Crippen molar-refractivity contribution in [3.8, 4) is 0 Å². The van der Waals surface area contributed by atoms with Crippen LogP contribution in [0.25, 0.3) is 10.9 Å². The number of nitrogens with one attached hydrogen (secondary N) is 1. The molecule has 0 radical (unpaired) electrons. The first-order chi connectivity index (χ1) is 8.90. The van der Waals surface area contributed by atoms with E-state index in [0.29, 0.717) is 12.1 Å². The van der Waals surface area contributed by atoms with Crippen molar-refractivity contribution in [3.05, 3.63) is 35.5 Å². The average Bonchev–Trinajstić information content (AvgIpc) is 2.74. The molecule has 0 saturated heterocycles. The molecule has 0 saturated carbocycles. The molecule has 0 spiro atoms. The van der Waals surface area contributed by atoms with Gasteiger partial charge in [0.05, 0.1) is 11.2 Å². The van der Waals surface area contributed by atoms with Crippen LogP contribution in [0.4, 0.5) is 0 Å². The van der Waals surface area contributed by atoms with E-state index in [-0.39, 0.29) is 5.54 Å². The number of rotatable bonds is 1. The largest absolute Gasteiger partial charge is 0.373 e. The Morgan fingerprint density at radius 3 is 2.89 bits per heavy atom. The lowest BCUT2D eigenvalue weighted by atomic mass is 10.0. The predicted octanol–water partition coefficient (Wildman–Crippen LogP) is 1.07. The second-order valence-corrected chi connectivity index (χ2v) is 5.64. The molecule has 100 valence electrons. The van der Waals surface area contributed by atoms with Crippen molar-refractivity contribution in [1.29, 1.82) is 0 Å². The zero-order valence-electron chi connectivity index (χ0n) is 11.0. The molecule has 1 aromatic carbocycles. The minimum absolute atomic E-state index is 0.174. The molecule has 1 aliphatic rings. The topological polar surface area (TPSA) is 80.3 Å². The lowest BCUT2D eigenvalue weighted by Crippen LogP contribution is -2.46. The SMILES string of the molecule is CC1(C)CNC(O)c2cc3ccc(C(N)=O)cc3n21. The first-order valence-electron chi connectivity index (χ1n) is 6.27. The summed E-state index contributed by atoms with van der Waals surface area (Å²) in [7, 11) is 0. The summed E-state index contributed by atoms with van der Waals surface area (Å²) in [5.41, 5.74) is 7.38. The molecule has 5 nitrogen and oxygen atoms in total. The fraction of sp³-hybridized carbons (Fsp3) is 0.357. The number of benzene rings is 1. The standard InChI is InChI=1S/C14H17N3O2/c1-14(2)7-16-13(19)11-5-8-3-4-9(12(15)18)6-10(8)17(11)14/h3-6,13,16,19H,7H2,1-2H3,(H2,15,18). The molecule has 0 bridgehead atoms. The molecular weight excluding hydrogens is 242 g/mol. The number of hydrogen-bond donors (Lipinski definition) is 3. The first kappa shape index (κ1) is 12.2. The quantitative estimate of drug-likeness (QED) is 0.716. The third kappa shape index (κ3) is 1.74. The van der Waals surface area contributed by atoms with Crippen molar-refractivity contribution in [2.24, 2.45) is 5.73 Å². The number of aliphatic hydroxyl groups excluding tert-OH is 1. The van der Waals surface area contributed by atoms with Crippen molar-refractivity contribution in [3.63, 3.8) is 0 Å². The van der Waals surface area contributed by atoms with E-state index in [1.165, 1.54) is 0 Å². The third-order valence-corrected chi connectivity index (χ3v) is 3.73. The van der Waals surface area contributed by atoms with Gasteiger partial charge in [0.2, 0.25) is 5.91 Å². The number of primary amides is 1. The van der Waals surface area contributed by atoms with Crippen molar-refractivity contribution in [2.75, 3.05) is 6.54 Å². The number of aliphatic hydroxyl groups is 1. The lowest BCUT2D eigenvalue weighted by Gasteiger charge is -2.37. The number of hydrogen-bond acceptors (Lipinski definition) is 3. The van der Waals surface area contributed by atoms with Gasteiger partial charge in [-0.25, -0.2) is 0 Å². The molecule has 0 aliphatic carbocycles. The lowest BCUT2D eigenvalue weighted by molar-refractivity contribution is 0.0866. The van der Waals surface area contributed by atoms with Crippen LogP contribution >= 0.6 is 0 Å². The molecule has 1 amide bonds. The van der Waals surface area contributed by atoms with E-state index in [1.54, 1.807) is 12.1 Å². The Morgan fingerprint density at radius 2 is 2.21 bits per heavy atom. The van der Waals surface area contributed by atoms with E-state index in [0.717, 1.165) is 16.6 Å². The molecule has 1 aromatic heterocycles. The summed E-state index contributed by atoms with van der Waals surface area (Å²) in [6, 6.07) is 7.31. The zero-order valence-corrected chi connectivity index (χ0v) is 11.0. The normalized spacial score (nSPS) is 21.3. The molecule has 1 unspecified atom stereocenters. The maximum Gasteiger partial charge on any atom is 0.248 e. The van der Waals surface area contributed by atoms with Gasteiger partial charge in [-0.15, -0.1) is 0 Å². The van der Waals surface area contributed by atoms with Gasteiger partial charge in [-0.2, -0.15) is 0 Å². The van der Waals surface area contributed by atoms with Gasteiger partial charge in [-0.3, -0.25) is 10.1 Å². The van der Waals surface area contributed by atoms with Gasteiger partial charge in [0.25, 0.3) is 0 Å². The maximum absolute atomic E-state index is 11.3. The molecule has 1 atom stereocenters. The minimum Gasteiger partial charge on any atom is -0.373 e.